The summed E-state index contributed by atoms with van der Waals surface area (Å²) in [4.78, 5) is 13.6. The average Bonchev–Trinajstić information content (AvgIpc) is 3.26. The molecule has 2 aromatic rings. The highest BCUT2D eigenvalue weighted by molar-refractivity contribution is 7.18. The lowest BCUT2D eigenvalue weighted by Crippen LogP contribution is -2.27. The minimum absolute atomic E-state index is 0.463. The van der Waals surface area contributed by atoms with Crippen molar-refractivity contribution in [1.82, 2.24) is 14.9 Å². The van der Waals surface area contributed by atoms with E-state index in [1.165, 1.54) is 17.7 Å². The third-order valence-corrected chi connectivity index (χ3v) is 5.02. The number of rotatable bonds is 7. The Morgan fingerprint density at radius 3 is 2.90 bits per heavy atom. The van der Waals surface area contributed by atoms with Crippen LogP contribution in [0.25, 0.3) is 10.2 Å². The van der Waals surface area contributed by atoms with Crippen molar-refractivity contribution in [2.45, 2.75) is 32.2 Å². The number of likely N-dealkylation sites (N-methyl/N-ethyl adjacent to an activating group) is 1. The van der Waals surface area contributed by atoms with Gasteiger partial charge in [-0.3, -0.25) is 5.43 Å². The van der Waals surface area contributed by atoms with Gasteiger partial charge in [0.05, 0.1) is 5.39 Å². The number of hydrogen-bond acceptors (Lipinski definition) is 7. The summed E-state index contributed by atoms with van der Waals surface area (Å²) in [6, 6.07) is 2.96. The van der Waals surface area contributed by atoms with Crippen molar-refractivity contribution in [3.63, 3.8) is 0 Å². The summed E-state index contributed by atoms with van der Waals surface area (Å²) in [5, 5.41) is 4.52. The van der Waals surface area contributed by atoms with Gasteiger partial charge in [-0.15, -0.1) is 11.3 Å². The fourth-order valence-electron chi connectivity index (χ4n) is 2.39. The monoisotopic (exact) mass is 306 g/mol. The molecule has 1 fully saturated rings. The first kappa shape index (κ1) is 14.5. The van der Waals surface area contributed by atoms with Crippen LogP contribution >= 0.6 is 11.3 Å². The molecule has 0 radical (unpaired) electrons. The molecule has 1 aliphatic carbocycles. The Labute approximate surface area is 128 Å². The second-order valence-electron chi connectivity index (χ2n) is 5.46. The maximum atomic E-state index is 5.47. The second kappa shape index (κ2) is 6.13. The third kappa shape index (κ3) is 3.25. The van der Waals surface area contributed by atoms with E-state index in [9.17, 15) is 0 Å². The largest absolute Gasteiger partial charge is 0.368 e. The van der Waals surface area contributed by atoms with Crippen molar-refractivity contribution < 1.29 is 0 Å². The number of hydrazine groups is 1. The van der Waals surface area contributed by atoms with Crippen LogP contribution in [0.3, 0.4) is 0 Å². The first-order valence-corrected chi connectivity index (χ1v) is 8.24. The number of nitrogens with two attached hydrogens (primary N) is 1. The zero-order chi connectivity index (χ0) is 14.8. The molecule has 0 unspecified atom stereocenters. The highest BCUT2D eigenvalue weighted by atomic mass is 32.1. The highest BCUT2D eigenvalue weighted by Gasteiger charge is 2.25. The molecule has 1 aliphatic rings. The minimum atomic E-state index is 0.463. The molecule has 1 saturated carbocycles. The number of aromatic nitrogens is 2. The lowest BCUT2D eigenvalue weighted by molar-refractivity contribution is 0.337. The van der Waals surface area contributed by atoms with Gasteiger partial charge < -0.3 is 10.2 Å². The maximum Gasteiger partial charge on any atom is 0.240 e. The van der Waals surface area contributed by atoms with E-state index in [0.717, 1.165) is 41.6 Å². The Bertz CT molecular complexity index is 621. The number of nitrogen functional groups attached to an aromatic ring is 1. The van der Waals surface area contributed by atoms with Crippen LogP contribution in [0.4, 0.5) is 11.8 Å². The summed E-state index contributed by atoms with van der Waals surface area (Å²) in [6.07, 6.45) is 3.68. The van der Waals surface area contributed by atoms with Gasteiger partial charge in [0, 0.05) is 24.0 Å². The second-order valence-corrected chi connectivity index (χ2v) is 6.58. The van der Waals surface area contributed by atoms with Crippen LogP contribution < -0.4 is 16.6 Å². The minimum Gasteiger partial charge on any atom is -0.368 e. The van der Waals surface area contributed by atoms with E-state index in [2.05, 4.69) is 45.6 Å². The van der Waals surface area contributed by atoms with Crippen LogP contribution in [0.5, 0.6) is 0 Å². The zero-order valence-corrected chi connectivity index (χ0v) is 13.3. The Hall–Kier alpha value is -1.44. The van der Waals surface area contributed by atoms with E-state index in [1.807, 2.05) is 0 Å². The molecule has 4 N–H and O–H groups in total. The number of thiophene rings is 1. The lowest BCUT2D eigenvalue weighted by Gasteiger charge is -2.16. The molecule has 0 amide bonds. The quantitative estimate of drug-likeness (QED) is 0.537. The van der Waals surface area contributed by atoms with E-state index in [0.29, 0.717) is 5.95 Å². The summed E-state index contributed by atoms with van der Waals surface area (Å²) in [5.74, 6) is 6.80. The highest BCUT2D eigenvalue weighted by Crippen LogP contribution is 2.30. The number of aryl methyl sites for hydroxylation is 1. The number of fused-ring (bicyclic) bond motifs is 1. The Kier molecular flexibility index (Phi) is 4.23. The first-order valence-electron chi connectivity index (χ1n) is 7.42. The van der Waals surface area contributed by atoms with Crippen LogP contribution in [0, 0.1) is 0 Å². The summed E-state index contributed by atoms with van der Waals surface area (Å²) >= 11 is 1.70. The molecule has 21 heavy (non-hydrogen) atoms. The SMILES string of the molecule is CCc1cc2c(NCCN(C)C3CC3)nc(NN)nc2s1. The van der Waals surface area contributed by atoms with Gasteiger partial charge in [-0.1, -0.05) is 6.92 Å². The molecular formula is C14H22N6S. The Balaban J connectivity index is 1.76. The van der Waals surface area contributed by atoms with Gasteiger partial charge in [0.1, 0.15) is 10.6 Å². The summed E-state index contributed by atoms with van der Waals surface area (Å²) < 4.78 is 0. The molecule has 0 aromatic carbocycles. The van der Waals surface area contributed by atoms with Gasteiger partial charge in [0.15, 0.2) is 0 Å². The molecule has 0 saturated heterocycles. The summed E-state index contributed by atoms with van der Waals surface area (Å²) in [7, 11) is 2.18. The van der Waals surface area contributed by atoms with E-state index in [-0.39, 0.29) is 0 Å². The number of nitrogens with one attached hydrogen (secondary N) is 2. The molecule has 6 nitrogen and oxygen atoms in total. The molecular weight excluding hydrogens is 284 g/mol. The molecule has 2 aromatic heterocycles. The summed E-state index contributed by atoms with van der Waals surface area (Å²) in [6.45, 7) is 4.05. The molecule has 0 atom stereocenters. The molecule has 3 rings (SSSR count). The normalized spacial score (nSPS) is 14.9. The fraction of sp³-hybridized carbons (Fsp3) is 0.571. The predicted octanol–water partition coefficient (Wildman–Crippen LogP) is 2.05. The Morgan fingerprint density at radius 2 is 2.24 bits per heavy atom. The van der Waals surface area contributed by atoms with Crippen molar-refractivity contribution in [3.8, 4) is 0 Å². The smallest absolute Gasteiger partial charge is 0.240 e. The average molecular weight is 306 g/mol. The first-order chi connectivity index (χ1) is 10.2. The number of hydrogen-bond donors (Lipinski definition) is 3. The zero-order valence-electron chi connectivity index (χ0n) is 12.5. The maximum absolute atomic E-state index is 5.47. The van der Waals surface area contributed by atoms with E-state index in [4.69, 9.17) is 5.84 Å². The van der Waals surface area contributed by atoms with Gasteiger partial charge in [0.2, 0.25) is 5.95 Å². The van der Waals surface area contributed by atoms with Crippen LogP contribution in [0.1, 0.15) is 24.6 Å². The lowest BCUT2D eigenvalue weighted by atomic mass is 10.3. The van der Waals surface area contributed by atoms with E-state index >= 15 is 0 Å². The van der Waals surface area contributed by atoms with Crippen molar-refractivity contribution >= 4 is 33.3 Å². The van der Waals surface area contributed by atoms with Gasteiger partial charge in [0.25, 0.3) is 0 Å². The molecule has 2 heterocycles. The van der Waals surface area contributed by atoms with Gasteiger partial charge in [-0.2, -0.15) is 4.98 Å². The fourth-order valence-corrected chi connectivity index (χ4v) is 3.36. The van der Waals surface area contributed by atoms with E-state index in [1.54, 1.807) is 11.3 Å². The van der Waals surface area contributed by atoms with Crippen molar-refractivity contribution in [2.75, 3.05) is 30.9 Å². The molecule has 0 bridgehead atoms. The van der Waals surface area contributed by atoms with Crippen molar-refractivity contribution in [1.29, 1.82) is 0 Å². The van der Waals surface area contributed by atoms with E-state index < -0.39 is 0 Å². The van der Waals surface area contributed by atoms with Crippen LogP contribution in [-0.4, -0.2) is 41.0 Å². The van der Waals surface area contributed by atoms with Crippen LogP contribution in [0.15, 0.2) is 6.07 Å². The number of anilines is 2. The number of nitrogens with zero attached hydrogens (tertiary/aromatic N) is 3. The third-order valence-electron chi connectivity index (χ3n) is 3.85. The van der Waals surface area contributed by atoms with Crippen molar-refractivity contribution in [2.24, 2.45) is 5.84 Å². The van der Waals surface area contributed by atoms with Gasteiger partial charge in [-0.25, -0.2) is 10.8 Å². The van der Waals surface area contributed by atoms with Crippen molar-refractivity contribution in [3.05, 3.63) is 10.9 Å². The predicted molar refractivity (Wildman–Crippen MR) is 88.7 cm³/mol. The van der Waals surface area contributed by atoms with Crippen LogP contribution in [0.2, 0.25) is 0 Å². The van der Waals surface area contributed by atoms with Gasteiger partial charge >= 0.3 is 0 Å². The molecule has 114 valence electrons. The summed E-state index contributed by atoms with van der Waals surface area (Å²) in [5.41, 5.74) is 2.55. The molecule has 0 spiro atoms. The topological polar surface area (TPSA) is 79.1 Å². The molecule has 0 aliphatic heterocycles. The van der Waals surface area contributed by atoms with Gasteiger partial charge in [-0.05, 0) is 32.4 Å². The Morgan fingerprint density at radius 1 is 1.43 bits per heavy atom. The molecule has 7 heteroatoms. The standard InChI is InChI=1S/C14H22N6S/c1-3-10-8-11-12(16-6-7-20(2)9-4-5-9)17-14(19-15)18-13(11)21-10/h8-9H,3-7,15H2,1-2H3,(H2,16,17,18,19). The van der Waals surface area contributed by atoms with Crippen LogP contribution in [-0.2, 0) is 6.42 Å².